The van der Waals surface area contributed by atoms with Gasteiger partial charge in [-0.3, -0.25) is 9.59 Å². The highest BCUT2D eigenvalue weighted by molar-refractivity contribution is 5.71. The molecule has 3 aliphatic heterocycles. The first-order chi connectivity index (χ1) is 30.2. The van der Waals surface area contributed by atoms with Gasteiger partial charge in [-0.05, 0) is 51.9 Å². The van der Waals surface area contributed by atoms with E-state index >= 15 is 0 Å². The van der Waals surface area contributed by atoms with Crippen molar-refractivity contribution in [3.8, 4) is 0 Å². The fourth-order valence-electron chi connectivity index (χ4n) is 8.04. The highest BCUT2D eigenvalue weighted by Gasteiger charge is 2.50. The van der Waals surface area contributed by atoms with Crippen LogP contribution in [0.15, 0.2) is 85.1 Å². The third-order valence-electron chi connectivity index (χ3n) is 12.5. The molecule has 2 bridgehead atoms. The number of esters is 1. The quantitative estimate of drug-likeness (QED) is 0.181. The molecule has 0 aromatic heterocycles. The predicted molar refractivity (Wildman–Crippen MR) is 245 cm³/mol. The Hall–Kier alpha value is -3.36. The third-order valence-corrected chi connectivity index (χ3v) is 12.5. The number of carboxylic acids is 1. The smallest absolute Gasteiger partial charge is 0.311 e. The van der Waals surface area contributed by atoms with Crippen molar-refractivity contribution >= 4 is 11.9 Å². The van der Waals surface area contributed by atoms with Gasteiger partial charge in [0.25, 0.3) is 0 Å². The van der Waals surface area contributed by atoms with E-state index in [1.807, 2.05) is 68.5 Å². The summed E-state index contributed by atoms with van der Waals surface area (Å²) in [6, 6.07) is -0.673. The molecule has 16 nitrogen and oxygen atoms in total. The van der Waals surface area contributed by atoms with E-state index in [0.717, 1.165) is 0 Å². The molecule has 370 valence electrons. The van der Waals surface area contributed by atoms with Crippen molar-refractivity contribution in [2.45, 2.75) is 185 Å². The number of carboxylic acid groups (broad SMARTS) is 1. The van der Waals surface area contributed by atoms with Crippen LogP contribution in [0.2, 0.25) is 0 Å². The van der Waals surface area contributed by atoms with Gasteiger partial charge in [0, 0.05) is 37.1 Å². The molecule has 5 unspecified atom stereocenters. The van der Waals surface area contributed by atoms with Crippen molar-refractivity contribution in [1.82, 2.24) is 0 Å². The minimum atomic E-state index is -2.01. The molecule has 0 aromatic rings. The van der Waals surface area contributed by atoms with Crippen LogP contribution in [0, 0.1) is 23.7 Å². The number of allylic oxidation sites excluding steroid dienone is 12. The third kappa shape index (κ3) is 19.4. The van der Waals surface area contributed by atoms with E-state index in [1.165, 1.54) is 0 Å². The Morgan fingerprint density at radius 1 is 0.708 bits per heavy atom. The Morgan fingerprint density at radius 3 is 1.85 bits per heavy atom. The highest BCUT2D eigenvalue weighted by atomic mass is 16.7. The highest BCUT2D eigenvalue weighted by Crippen LogP contribution is 2.38. The Morgan fingerprint density at radius 2 is 1.26 bits per heavy atom. The van der Waals surface area contributed by atoms with E-state index in [2.05, 4.69) is 0 Å². The Kier molecular flexibility index (Phi) is 25.5. The number of cyclic esters (lactones) is 1. The summed E-state index contributed by atoms with van der Waals surface area (Å²) in [6.07, 6.45) is 10.7. The molecule has 18 atom stereocenters. The molecule has 3 heterocycles. The van der Waals surface area contributed by atoms with Gasteiger partial charge in [-0.2, -0.15) is 0 Å². The van der Waals surface area contributed by atoms with Gasteiger partial charge in [0.05, 0.1) is 61.4 Å². The van der Waals surface area contributed by atoms with Crippen LogP contribution in [-0.4, -0.2) is 143 Å². The molecule has 0 aliphatic carbocycles. The second kappa shape index (κ2) is 28.7. The molecule has 3 rings (SSSR count). The van der Waals surface area contributed by atoms with Crippen LogP contribution in [0.25, 0.3) is 0 Å². The number of rotatable bonds is 3. The van der Waals surface area contributed by atoms with Gasteiger partial charge in [0.2, 0.25) is 0 Å². The average Bonchev–Trinajstić information content (AvgIpc) is 3.22. The van der Waals surface area contributed by atoms with Crippen molar-refractivity contribution < 1.29 is 74.5 Å². The summed E-state index contributed by atoms with van der Waals surface area (Å²) in [5.74, 6) is -6.39. The lowest BCUT2D eigenvalue weighted by atomic mass is 9.83. The van der Waals surface area contributed by atoms with E-state index < -0.39 is 116 Å². The zero-order chi connectivity index (χ0) is 47.6. The van der Waals surface area contributed by atoms with E-state index in [-0.39, 0.29) is 70.3 Å². The molecule has 16 heteroatoms. The van der Waals surface area contributed by atoms with Crippen molar-refractivity contribution in [1.29, 1.82) is 0 Å². The number of aliphatic hydroxyl groups is 8. The van der Waals surface area contributed by atoms with Crippen LogP contribution >= 0.6 is 0 Å². The summed E-state index contributed by atoms with van der Waals surface area (Å²) in [6.45, 7) is 8.93. The maximum Gasteiger partial charge on any atom is 0.311 e. The van der Waals surface area contributed by atoms with Gasteiger partial charge in [-0.15, -0.1) is 0 Å². The molecule has 0 amide bonds. The lowest BCUT2D eigenvalue weighted by molar-refractivity contribution is -0.302. The minimum Gasteiger partial charge on any atom is -0.481 e. The van der Waals surface area contributed by atoms with Crippen LogP contribution in [0.5, 0.6) is 0 Å². The second-order valence-electron chi connectivity index (χ2n) is 17.7. The molecule has 0 aromatic carbocycles. The van der Waals surface area contributed by atoms with Gasteiger partial charge in [0.15, 0.2) is 12.1 Å². The summed E-state index contributed by atoms with van der Waals surface area (Å²) in [5.41, 5.74) is 6.28. The summed E-state index contributed by atoms with van der Waals surface area (Å²) in [4.78, 5) is 25.1. The lowest BCUT2D eigenvalue weighted by Crippen LogP contribution is -2.58. The summed E-state index contributed by atoms with van der Waals surface area (Å²) in [7, 11) is 0. The lowest BCUT2D eigenvalue weighted by Gasteiger charge is -2.45. The number of aliphatic carboxylic acids is 1. The van der Waals surface area contributed by atoms with Crippen molar-refractivity contribution in [3.05, 3.63) is 85.1 Å². The van der Waals surface area contributed by atoms with Crippen molar-refractivity contribution in [2.75, 3.05) is 0 Å². The number of aliphatic hydroxyl groups excluding tert-OH is 7. The number of fused-ring (bicyclic) bond motifs is 2. The maximum absolute atomic E-state index is 12.6. The first-order valence-corrected chi connectivity index (χ1v) is 22.6. The Bertz CT molecular complexity index is 1630. The second-order valence-corrected chi connectivity index (χ2v) is 17.7. The molecular weight excluding hydrogens is 843 g/mol. The van der Waals surface area contributed by atoms with Gasteiger partial charge in [-0.25, -0.2) is 0 Å². The number of nitrogens with two attached hydrogens (primary N) is 1. The number of hydrogen-bond acceptors (Lipinski definition) is 15. The Labute approximate surface area is 385 Å². The fourth-order valence-corrected chi connectivity index (χ4v) is 8.04. The molecule has 3 aliphatic rings. The van der Waals surface area contributed by atoms with Gasteiger partial charge in [-0.1, -0.05) is 113 Å². The maximum atomic E-state index is 12.6. The number of carbonyl (C=O) groups is 2. The minimum absolute atomic E-state index is 0. The molecule has 0 spiro atoms. The molecule has 2 saturated heterocycles. The van der Waals surface area contributed by atoms with E-state index in [4.69, 9.17) is 24.7 Å². The molecular formula is C49H79NO15. The van der Waals surface area contributed by atoms with Crippen molar-refractivity contribution in [2.24, 2.45) is 29.4 Å². The predicted octanol–water partition coefficient (Wildman–Crippen LogP) is 3.65. The van der Waals surface area contributed by atoms with Crippen LogP contribution in [-0.2, 0) is 28.5 Å². The summed E-state index contributed by atoms with van der Waals surface area (Å²) in [5, 5.41) is 97.1. The number of ether oxygens (including phenoxy) is 4. The van der Waals surface area contributed by atoms with Crippen LogP contribution in [0.1, 0.15) is 99.8 Å². The molecule has 2 fully saturated rings. The van der Waals surface area contributed by atoms with E-state index in [9.17, 15) is 55.5 Å². The Balaban J connectivity index is 0.0000145. The standard InChI is InChI=1S/C48H75NO15.CH4/c1-29-19-16-14-12-10-8-6-7-9-11-13-15-17-20-36(63-47-45(57)43(49)30(2)32(4)62-47)27-40-42(46(58)59)39(54)28-48(60,64-40)24-18-21-37(52)38(53)23-22-34(50)25-35(51)26-41(55)61-33(5)31(3)44(29)56;/h6-17,19-20,29-40,42-45,47,50-54,56-57,60H,18,21-28,49H2,1-5H3,(H,58,59);1H4/b7-6+,10-8+,11-9+,14-12+,15-13+,19-16+,20-17+;/t29-,30?,31-,32?,33-,34+,35+,36-,37+,38+,39-,40-,42+,43?,44+,45?,47?,48+;/m0./s1. The topological polar surface area (TPSA) is 279 Å². The largest absolute Gasteiger partial charge is 0.481 e. The van der Waals surface area contributed by atoms with E-state index in [1.54, 1.807) is 51.2 Å². The number of hydrogen-bond donors (Lipinski definition) is 10. The average molecular weight is 922 g/mol. The van der Waals surface area contributed by atoms with Crippen molar-refractivity contribution in [3.63, 3.8) is 0 Å². The molecule has 11 N–H and O–H groups in total. The monoisotopic (exact) mass is 922 g/mol. The normalized spacial score (nSPS) is 44.2. The molecule has 65 heavy (non-hydrogen) atoms. The zero-order valence-electron chi connectivity index (χ0n) is 37.8. The van der Waals surface area contributed by atoms with E-state index in [0.29, 0.717) is 0 Å². The zero-order valence-corrected chi connectivity index (χ0v) is 37.8. The first-order valence-electron chi connectivity index (χ1n) is 22.6. The first kappa shape index (κ1) is 57.8. The summed E-state index contributed by atoms with van der Waals surface area (Å²) >= 11 is 0. The van der Waals surface area contributed by atoms with Crippen LogP contribution < -0.4 is 5.73 Å². The van der Waals surface area contributed by atoms with Crippen LogP contribution in [0.4, 0.5) is 0 Å². The van der Waals surface area contributed by atoms with Crippen LogP contribution in [0.3, 0.4) is 0 Å². The molecule has 0 saturated carbocycles. The fraction of sp³-hybridized carbons (Fsp3) is 0.673. The summed E-state index contributed by atoms with van der Waals surface area (Å²) < 4.78 is 23.7. The number of carbonyl (C=O) groups excluding carboxylic acids is 1. The van der Waals surface area contributed by atoms with Gasteiger partial charge in [0.1, 0.15) is 18.1 Å². The molecule has 0 radical (unpaired) electrons. The van der Waals surface area contributed by atoms with Gasteiger partial charge >= 0.3 is 11.9 Å². The SMILES string of the molecule is C.CC1OC(O[C@H]2/C=C/C=C/C=C/C=C/C=C/C=C/C=C/[C@H](C)[C@@H](O)[C@@H](C)[C@H](C)OC(=O)C[C@H](O)C[C@H](O)CC[C@@H](O)[C@H](O)CCC[C@]3(O)C[C@H](O)[C@@H](C(=O)O)[C@H](C2)O3)C(O)C(N)C1C. The van der Waals surface area contributed by atoms with Gasteiger partial charge < -0.3 is 70.6 Å².